The van der Waals surface area contributed by atoms with Crippen molar-refractivity contribution in [2.45, 2.75) is 12.3 Å². The minimum Gasteiger partial charge on any atom is -0.484 e. The lowest BCUT2D eigenvalue weighted by Crippen LogP contribution is -2.34. The van der Waals surface area contributed by atoms with E-state index in [0.717, 1.165) is 12.1 Å². The molecule has 1 atom stereocenters. The lowest BCUT2D eigenvalue weighted by Gasteiger charge is -2.15. The first-order valence-corrected chi connectivity index (χ1v) is 5.02. The van der Waals surface area contributed by atoms with Crippen molar-refractivity contribution in [3.63, 3.8) is 0 Å². The molecule has 0 aliphatic rings. The average molecular weight is 295 g/mol. The van der Waals surface area contributed by atoms with Gasteiger partial charge >= 0.3 is 17.8 Å². The van der Waals surface area contributed by atoms with Crippen molar-refractivity contribution in [1.29, 1.82) is 0 Å². The summed E-state index contributed by atoms with van der Waals surface area (Å²) >= 11 is 0. The van der Waals surface area contributed by atoms with Gasteiger partial charge in [0.1, 0.15) is 6.61 Å². The van der Waals surface area contributed by atoms with Gasteiger partial charge in [0.25, 0.3) is 0 Å². The molecule has 0 radical (unpaired) electrons. The highest BCUT2D eigenvalue weighted by atomic mass is 19.4. The van der Waals surface area contributed by atoms with Crippen LogP contribution in [0.3, 0.4) is 0 Å². The fourth-order valence-electron chi connectivity index (χ4n) is 1.18. The molecule has 0 saturated heterocycles. The van der Waals surface area contributed by atoms with E-state index in [1.165, 1.54) is 0 Å². The van der Waals surface area contributed by atoms with E-state index in [9.17, 15) is 28.1 Å². The van der Waals surface area contributed by atoms with E-state index < -0.39 is 46.8 Å². The van der Waals surface area contributed by atoms with Crippen LogP contribution in [0.25, 0.3) is 0 Å². The molecule has 0 amide bonds. The molecule has 0 heterocycles. The standard InChI is InChI=1S/C10H8F3NO6/c11-10(12,13)8(15)4-20-7-3-5(9(16)17)1-2-6(7)14(18)19/h1-3,8,15H,4H2,(H,16,17). The Morgan fingerprint density at radius 2 is 2.05 bits per heavy atom. The van der Waals surface area contributed by atoms with Crippen LogP contribution in [-0.2, 0) is 0 Å². The molecule has 1 rings (SSSR count). The van der Waals surface area contributed by atoms with Gasteiger partial charge in [-0.1, -0.05) is 0 Å². The zero-order chi connectivity index (χ0) is 15.5. The third-order valence-corrected chi connectivity index (χ3v) is 2.18. The Morgan fingerprint density at radius 1 is 1.45 bits per heavy atom. The maximum absolute atomic E-state index is 12.1. The first-order valence-electron chi connectivity index (χ1n) is 5.02. The van der Waals surface area contributed by atoms with Crippen molar-refractivity contribution in [3.8, 4) is 5.75 Å². The Kier molecular flexibility index (Phi) is 4.50. The molecule has 0 aliphatic heterocycles. The maximum atomic E-state index is 12.1. The van der Waals surface area contributed by atoms with Crippen LogP contribution in [0.4, 0.5) is 18.9 Å². The Balaban J connectivity index is 2.99. The molecule has 1 aromatic rings. The summed E-state index contributed by atoms with van der Waals surface area (Å²) in [7, 11) is 0. The number of ether oxygens (including phenoxy) is 1. The number of carboxylic acid groups (broad SMARTS) is 1. The van der Waals surface area contributed by atoms with Gasteiger partial charge in [0.15, 0.2) is 11.9 Å². The van der Waals surface area contributed by atoms with Gasteiger partial charge in [-0.15, -0.1) is 0 Å². The summed E-state index contributed by atoms with van der Waals surface area (Å²) in [5, 5.41) is 28.0. The normalized spacial score (nSPS) is 12.8. The van der Waals surface area contributed by atoms with Crippen molar-refractivity contribution in [2.24, 2.45) is 0 Å². The molecule has 0 aromatic heterocycles. The number of alkyl halides is 3. The summed E-state index contributed by atoms with van der Waals surface area (Å²) in [5.41, 5.74) is -1.10. The van der Waals surface area contributed by atoms with Crippen molar-refractivity contribution < 1.29 is 37.8 Å². The number of halogens is 3. The predicted molar refractivity (Wildman–Crippen MR) is 57.6 cm³/mol. The van der Waals surface area contributed by atoms with Gasteiger partial charge in [0, 0.05) is 12.1 Å². The van der Waals surface area contributed by atoms with Crippen LogP contribution in [0.1, 0.15) is 10.4 Å². The molecule has 0 aliphatic carbocycles. The number of nitrogens with zero attached hydrogens (tertiary/aromatic N) is 1. The van der Waals surface area contributed by atoms with E-state index in [1.54, 1.807) is 0 Å². The second-order valence-electron chi connectivity index (χ2n) is 3.61. The van der Waals surface area contributed by atoms with E-state index in [4.69, 9.17) is 10.2 Å². The Bertz CT molecular complexity index is 530. The highest BCUT2D eigenvalue weighted by molar-refractivity contribution is 5.88. The number of nitro groups is 1. The number of carboxylic acids is 1. The van der Waals surface area contributed by atoms with Crippen LogP contribution in [0.5, 0.6) is 5.75 Å². The molecule has 1 aromatic carbocycles. The first-order chi connectivity index (χ1) is 9.12. The highest BCUT2D eigenvalue weighted by Crippen LogP contribution is 2.29. The largest absolute Gasteiger partial charge is 0.484 e. The van der Waals surface area contributed by atoms with Gasteiger partial charge in [-0.3, -0.25) is 10.1 Å². The smallest absolute Gasteiger partial charge is 0.417 e. The number of aliphatic hydroxyl groups is 1. The fraction of sp³-hybridized carbons (Fsp3) is 0.300. The summed E-state index contributed by atoms with van der Waals surface area (Å²) in [6, 6.07) is 2.41. The Morgan fingerprint density at radius 3 is 2.50 bits per heavy atom. The minimum absolute atomic E-state index is 0.396. The number of aromatic carboxylic acids is 1. The highest BCUT2D eigenvalue weighted by Gasteiger charge is 2.39. The van der Waals surface area contributed by atoms with E-state index in [1.807, 2.05) is 0 Å². The predicted octanol–water partition coefficient (Wildman–Crippen LogP) is 1.59. The van der Waals surface area contributed by atoms with Gasteiger partial charge in [0.05, 0.1) is 10.5 Å². The fourth-order valence-corrected chi connectivity index (χ4v) is 1.18. The lowest BCUT2D eigenvalue weighted by atomic mass is 10.2. The molecule has 110 valence electrons. The van der Waals surface area contributed by atoms with Crippen molar-refractivity contribution >= 4 is 11.7 Å². The van der Waals surface area contributed by atoms with Crippen LogP contribution in [0.2, 0.25) is 0 Å². The number of aliphatic hydroxyl groups excluding tert-OH is 1. The summed E-state index contributed by atoms with van der Waals surface area (Å²) in [6.45, 7) is -1.28. The molecule has 20 heavy (non-hydrogen) atoms. The molecular formula is C10H8F3NO6. The van der Waals surface area contributed by atoms with E-state index in [2.05, 4.69) is 4.74 Å². The number of hydrogen-bond acceptors (Lipinski definition) is 5. The molecule has 2 N–H and O–H groups in total. The third kappa shape index (κ3) is 3.82. The van der Waals surface area contributed by atoms with Crippen LogP contribution < -0.4 is 4.74 Å². The summed E-state index contributed by atoms with van der Waals surface area (Å²) in [4.78, 5) is 20.4. The molecule has 10 heteroatoms. The van der Waals surface area contributed by atoms with E-state index in [0.29, 0.717) is 6.07 Å². The summed E-state index contributed by atoms with van der Waals surface area (Å²) in [5.74, 6) is -2.10. The van der Waals surface area contributed by atoms with Gasteiger partial charge in [-0.2, -0.15) is 13.2 Å². The third-order valence-electron chi connectivity index (χ3n) is 2.18. The quantitative estimate of drug-likeness (QED) is 0.630. The summed E-state index contributed by atoms with van der Waals surface area (Å²) < 4.78 is 40.7. The number of hydrogen-bond donors (Lipinski definition) is 2. The molecule has 1 unspecified atom stereocenters. The van der Waals surface area contributed by atoms with Crippen LogP contribution >= 0.6 is 0 Å². The van der Waals surface area contributed by atoms with Crippen molar-refractivity contribution in [1.82, 2.24) is 0 Å². The average Bonchev–Trinajstić information content (AvgIpc) is 2.33. The van der Waals surface area contributed by atoms with Crippen LogP contribution in [0, 0.1) is 10.1 Å². The first kappa shape index (κ1) is 15.7. The lowest BCUT2D eigenvalue weighted by molar-refractivity contribution is -0.386. The van der Waals surface area contributed by atoms with Gasteiger partial charge in [0.2, 0.25) is 0 Å². The topological polar surface area (TPSA) is 110 Å². The minimum atomic E-state index is -4.95. The molecule has 0 fully saturated rings. The van der Waals surface area contributed by atoms with E-state index >= 15 is 0 Å². The van der Waals surface area contributed by atoms with Crippen molar-refractivity contribution in [3.05, 3.63) is 33.9 Å². The molecule has 7 nitrogen and oxygen atoms in total. The van der Waals surface area contributed by atoms with E-state index in [-0.39, 0.29) is 0 Å². The Labute approximate surface area is 109 Å². The second-order valence-corrected chi connectivity index (χ2v) is 3.61. The maximum Gasteiger partial charge on any atom is 0.417 e. The van der Waals surface area contributed by atoms with Crippen LogP contribution in [-0.4, -0.2) is 40.0 Å². The number of rotatable bonds is 5. The molecule has 0 saturated carbocycles. The van der Waals surface area contributed by atoms with Gasteiger partial charge in [-0.05, 0) is 6.07 Å². The van der Waals surface area contributed by atoms with Crippen LogP contribution in [0.15, 0.2) is 18.2 Å². The van der Waals surface area contributed by atoms with Crippen molar-refractivity contribution in [2.75, 3.05) is 6.61 Å². The SMILES string of the molecule is O=C(O)c1ccc([N+](=O)[O-])c(OCC(O)C(F)(F)F)c1. The molecule has 0 bridgehead atoms. The molecule has 0 spiro atoms. The van der Waals surface area contributed by atoms with Gasteiger partial charge in [-0.25, -0.2) is 4.79 Å². The zero-order valence-electron chi connectivity index (χ0n) is 9.63. The number of benzene rings is 1. The number of carbonyl (C=O) groups is 1. The molecular weight excluding hydrogens is 287 g/mol. The zero-order valence-corrected chi connectivity index (χ0v) is 9.63. The second kappa shape index (κ2) is 5.74. The Hall–Kier alpha value is -2.36. The number of nitro benzene ring substituents is 1. The summed E-state index contributed by atoms with van der Waals surface area (Å²) in [6.07, 6.45) is -7.78. The van der Waals surface area contributed by atoms with Gasteiger partial charge < -0.3 is 14.9 Å². The monoisotopic (exact) mass is 295 g/mol.